The van der Waals surface area contributed by atoms with Crippen LogP contribution < -0.4 is 5.73 Å². The van der Waals surface area contributed by atoms with Gasteiger partial charge in [0, 0.05) is 17.5 Å². The molecule has 1 aromatic rings. The van der Waals surface area contributed by atoms with E-state index < -0.39 is 9.84 Å². The number of hydrogen-bond donors (Lipinski definition) is 1. The van der Waals surface area contributed by atoms with Crippen molar-refractivity contribution in [2.45, 2.75) is 49.3 Å². The molecule has 2 unspecified atom stereocenters. The van der Waals surface area contributed by atoms with Gasteiger partial charge in [0.05, 0.1) is 10.6 Å². The lowest BCUT2D eigenvalue weighted by atomic mass is 9.91. The predicted octanol–water partition coefficient (Wildman–Crippen LogP) is 3.23. The third-order valence-corrected chi connectivity index (χ3v) is 7.44. The van der Waals surface area contributed by atoms with Gasteiger partial charge in [0.15, 0.2) is 9.84 Å². The first kappa shape index (κ1) is 16.8. The molecule has 2 atom stereocenters. The maximum atomic E-state index is 12.3. The molecule has 0 aromatic heterocycles. The summed E-state index contributed by atoms with van der Waals surface area (Å²) >= 11 is 1.83. The van der Waals surface area contributed by atoms with Crippen molar-refractivity contribution < 1.29 is 8.42 Å². The zero-order valence-electron chi connectivity index (χ0n) is 12.6. The summed E-state index contributed by atoms with van der Waals surface area (Å²) in [6.07, 6.45) is 5.07. The van der Waals surface area contributed by atoms with Gasteiger partial charge in [-0.05, 0) is 36.5 Å². The van der Waals surface area contributed by atoms with Crippen LogP contribution in [-0.4, -0.2) is 25.2 Å². The molecule has 0 heterocycles. The van der Waals surface area contributed by atoms with Crippen LogP contribution in [0.15, 0.2) is 29.2 Å². The fraction of sp³-hybridized carbons (Fsp3) is 0.625. The second-order valence-electron chi connectivity index (χ2n) is 5.93. The zero-order valence-corrected chi connectivity index (χ0v) is 14.3. The standard InChI is InChI=1S/C16H25NO2S2/c1-13-3-2-4-15(11-13)20-9-10-21(18,19)16-7-5-14(12-17)6-8-16/h5-8,13,15H,2-4,9-12,17H2,1H3. The molecule has 1 aliphatic carbocycles. The van der Waals surface area contributed by atoms with Gasteiger partial charge in [-0.1, -0.05) is 31.9 Å². The second-order valence-corrected chi connectivity index (χ2v) is 9.45. The van der Waals surface area contributed by atoms with Gasteiger partial charge in [-0.3, -0.25) is 0 Å². The number of benzene rings is 1. The molecule has 1 aliphatic rings. The number of nitrogens with two attached hydrogens (primary N) is 1. The van der Waals surface area contributed by atoms with Crippen molar-refractivity contribution >= 4 is 21.6 Å². The van der Waals surface area contributed by atoms with Gasteiger partial charge in [0.2, 0.25) is 0 Å². The molecule has 1 fully saturated rings. The summed E-state index contributed by atoms with van der Waals surface area (Å²) in [6, 6.07) is 6.93. The molecule has 0 radical (unpaired) electrons. The van der Waals surface area contributed by atoms with Crippen molar-refractivity contribution in [2.75, 3.05) is 11.5 Å². The molecule has 0 saturated heterocycles. The minimum atomic E-state index is -3.16. The highest BCUT2D eigenvalue weighted by Gasteiger charge is 2.20. The lowest BCUT2D eigenvalue weighted by Gasteiger charge is -2.26. The summed E-state index contributed by atoms with van der Waals surface area (Å²) in [5.41, 5.74) is 6.49. The molecule has 5 heteroatoms. The summed E-state index contributed by atoms with van der Waals surface area (Å²) in [4.78, 5) is 0.414. The Morgan fingerprint density at radius 2 is 1.95 bits per heavy atom. The molecule has 118 valence electrons. The summed E-state index contributed by atoms with van der Waals surface area (Å²) in [5.74, 6) is 1.71. The van der Waals surface area contributed by atoms with Crippen molar-refractivity contribution in [3.8, 4) is 0 Å². The maximum absolute atomic E-state index is 12.3. The monoisotopic (exact) mass is 327 g/mol. The van der Waals surface area contributed by atoms with Crippen LogP contribution in [0.25, 0.3) is 0 Å². The van der Waals surface area contributed by atoms with Crippen LogP contribution in [0.4, 0.5) is 0 Å². The van der Waals surface area contributed by atoms with Gasteiger partial charge in [0.25, 0.3) is 0 Å². The van der Waals surface area contributed by atoms with E-state index in [9.17, 15) is 8.42 Å². The third-order valence-electron chi connectivity index (χ3n) is 4.11. The quantitative estimate of drug-likeness (QED) is 0.871. The minimum absolute atomic E-state index is 0.227. The van der Waals surface area contributed by atoms with E-state index in [4.69, 9.17) is 5.73 Å². The van der Waals surface area contributed by atoms with Gasteiger partial charge in [-0.15, -0.1) is 0 Å². The highest BCUT2D eigenvalue weighted by molar-refractivity contribution is 8.01. The first-order valence-electron chi connectivity index (χ1n) is 7.64. The highest BCUT2D eigenvalue weighted by atomic mass is 32.2. The Morgan fingerprint density at radius 3 is 2.57 bits per heavy atom. The third kappa shape index (κ3) is 5.01. The Hall–Kier alpha value is -0.520. The van der Waals surface area contributed by atoms with Gasteiger partial charge >= 0.3 is 0 Å². The normalized spacial score (nSPS) is 23.1. The zero-order chi connectivity index (χ0) is 15.3. The van der Waals surface area contributed by atoms with Crippen LogP contribution in [0, 0.1) is 5.92 Å². The summed E-state index contributed by atoms with van der Waals surface area (Å²) in [6.45, 7) is 2.73. The summed E-state index contributed by atoms with van der Waals surface area (Å²) in [5, 5.41) is 0.642. The number of rotatable bonds is 6. The summed E-state index contributed by atoms with van der Waals surface area (Å²) in [7, 11) is -3.16. The van der Waals surface area contributed by atoms with Crippen LogP contribution in [0.1, 0.15) is 38.2 Å². The average molecular weight is 328 g/mol. The number of hydrogen-bond acceptors (Lipinski definition) is 4. The lowest BCUT2D eigenvalue weighted by molar-refractivity contribution is 0.394. The molecule has 2 N–H and O–H groups in total. The first-order chi connectivity index (χ1) is 10.0. The minimum Gasteiger partial charge on any atom is -0.326 e. The van der Waals surface area contributed by atoms with E-state index in [0.717, 1.165) is 11.5 Å². The van der Waals surface area contributed by atoms with Crippen molar-refractivity contribution in [3.63, 3.8) is 0 Å². The number of thioether (sulfide) groups is 1. The Labute approximate surface area is 132 Å². The molecular weight excluding hydrogens is 302 g/mol. The fourth-order valence-corrected chi connectivity index (χ4v) is 5.99. The van der Waals surface area contributed by atoms with Crippen LogP contribution >= 0.6 is 11.8 Å². The predicted molar refractivity (Wildman–Crippen MR) is 90.3 cm³/mol. The smallest absolute Gasteiger partial charge is 0.179 e. The maximum Gasteiger partial charge on any atom is 0.179 e. The average Bonchev–Trinajstić information content (AvgIpc) is 2.47. The lowest BCUT2D eigenvalue weighted by Crippen LogP contribution is -2.17. The van der Waals surface area contributed by atoms with E-state index in [-0.39, 0.29) is 5.75 Å². The molecule has 1 aromatic carbocycles. The molecule has 3 nitrogen and oxygen atoms in total. The topological polar surface area (TPSA) is 60.2 Å². The second kappa shape index (κ2) is 7.65. The molecular formula is C16H25NO2S2. The number of sulfone groups is 1. The van der Waals surface area contributed by atoms with E-state index in [1.54, 1.807) is 24.3 Å². The van der Waals surface area contributed by atoms with Gasteiger partial charge < -0.3 is 5.73 Å². The van der Waals surface area contributed by atoms with E-state index in [1.165, 1.54) is 25.7 Å². The van der Waals surface area contributed by atoms with Crippen LogP contribution in [0.2, 0.25) is 0 Å². The van der Waals surface area contributed by atoms with Crippen molar-refractivity contribution in [1.82, 2.24) is 0 Å². The highest BCUT2D eigenvalue weighted by Crippen LogP contribution is 2.32. The Bertz CT molecular complexity index is 540. The van der Waals surface area contributed by atoms with E-state index in [1.807, 2.05) is 11.8 Å². The Balaban J connectivity index is 1.85. The van der Waals surface area contributed by atoms with Crippen LogP contribution in [0.5, 0.6) is 0 Å². The molecule has 0 bridgehead atoms. The summed E-state index contributed by atoms with van der Waals surface area (Å²) < 4.78 is 24.6. The first-order valence-corrected chi connectivity index (χ1v) is 10.3. The Kier molecular flexibility index (Phi) is 6.14. The van der Waals surface area contributed by atoms with Crippen LogP contribution in [-0.2, 0) is 16.4 Å². The van der Waals surface area contributed by atoms with Gasteiger partial charge in [0.1, 0.15) is 0 Å². The molecule has 2 rings (SSSR count). The van der Waals surface area contributed by atoms with Gasteiger partial charge in [-0.25, -0.2) is 8.42 Å². The van der Waals surface area contributed by atoms with E-state index in [2.05, 4.69) is 6.92 Å². The molecule has 0 aliphatic heterocycles. The fourth-order valence-electron chi connectivity index (χ4n) is 2.81. The molecule has 1 saturated carbocycles. The molecule has 0 spiro atoms. The SMILES string of the molecule is CC1CCCC(SCCS(=O)(=O)c2ccc(CN)cc2)C1. The van der Waals surface area contributed by atoms with Gasteiger partial charge in [-0.2, -0.15) is 11.8 Å². The van der Waals surface area contributed by atoms with Crippen molar-refractivity contribution in [2.24, 2.45) is 11.7 Å². The van der Waals surface area contributed by atoms with Crippen LogP contribution in [0.3, 0.4) is 0 Å². The van der Waals surface area contributed by atoms with Crippen molar-refractivity contribution in [1.29, 1.82) is 0 Å². The van der Waals surface area contributed by atoms with Crippen molar-refractivity contribution in [3.05, 3.63) is 29.8 Å². The van der Waals surface area contributed by atoms with E-state index >= 15 is 0 Å². The largest absolute Gasteiger partial charge is 0.326 e. The molecule has 21 heavy (non-hydrogen) atoms. The Morgan fingerprint density at radius 1 is 1.24 bits per heavy atom. The molecule has 0 amide bonds. The van der Waals surface area contributed by atoms with E-state index in [0.29, 0.717) is 22.4 Å².